The molecule has 158 valence electrons. The minimum absolute atomic E-state index is 0.0796. The molecule has 5 rings (SSSR count). The number of carbonyl (C=O) groups excluding carboxylic acids is 1. The van der Waals surface area contributed by atoms with Crippen molar-refractivity contribution < 1.29 is 4.79 Å². The summed E-state index contributed by atoms with van der Waals surface area (Å²) in [6.45, 7) is 3.07. The third-order valence-electron chi connectivity index (χ3n) is 5.98. The largest absolute Gasteiger partial charge is 0.340 e. The van der Waals surface area contributed by atoms with Crippen LogP contribution in [0.5, 0.6) is 0 Å². The number of rotatable bonds is 3. The Labute approximate surface area is 191 Å². The van der Waals surface area contributed by atoms with Crippen LogP contribution in [0.25, 0.3) is 0 Å². The maximum atomic E-state index is 12.8. The lowest BCUT2D eigenvalue weighted by molar-refractivity contribution is -0.132. The van der Waals surface area contributed by atoms with Gasteiger partial charge in [-0.25, -0.2) is 0 Å². The van der Waals surface area contributed by atoms with Crippen LogP contribution in [0, 0.1) is 0 Å². The molecule has 0 radical (unpaired) electrons. The topological polar surface area (TPSA) is 49.3 Å². The van der Waals surface area contributed by atoms with Gasteiger partial charge < -0.3 is 4.90 Å². The lowest BCUT2D eigenvalue weighted by Crippen LogP contribution is -2.50. The lowest BCUT2D eigenvalue weighted by Gasteiger charge is -2.39. The molecule has 4 heterocycles. The Hall–Kier alpha value is -2.41. The van der Waals surface area contributed by atoms with E-state index in [-0.39, 0.29) is 11.9 Å². The molecule has 0 saturated carbocycles. The van der Waals surface area contributed by atoms with Crippen molar-refractivity contribution in [2.45, 2.75) is 23.1 Å². The molecule has 1 atom stereocenters. The summed E-state index contributed by atoms with van der Waals surface area (Å²) in [5.41, 5.74) is 4.64. The Kier molecular flexibility index (Phi) is 5.94. The van der Waals surface area contributed by atoms with Gasteiger partial charge in [-0.05, 0) is 47.0 Å². The van der Waals surface area contributed by atoms with Gasteiger partial charge in [-0.15, -0.1) is 11.8 Å². The van der Waals surface area contributed by atoms with E-state index in [0.29, 0.717) is 6.42 Å². The maximum Gasteiger partial charge on any atom is 0.227 e. The van der Waals surface area contributed by atoms with Gasteiger partial charge in [0.05, 0.1) is 18.2 Å². The number of benzene rings is 1. The van der Waals surface area contributed by atoms with Crippen molar-refractivity contribution in [3.63, 3.8) is 0 Å². The molecule has 0 spiro atoms. The van der Waals surface area contributed by atoms with E-state index in [1.165, 1.54) is 16.0 Å². The smallest absolute Gasteiger partial charge is 0.227 e. The van der Waals surface area contributed by atoms with E-state index < -0.39 is 0 Å². The van der Waals surface area contributed by atoms with Gasteiger partial charge in [-0.3, -0.25) is 19.7 Å². The van der Waals surface area contributed by atoms with E-state index in [2.05, 4.69) is 28.1 Å². The zero-order valence-corrected chi connectivity index (χ0v) is 18.6. The number of nitrogens with zero attached hydrogens (tertiary/aromatic N) is 4. The van der Waals surface area contributed by atoms with Crippen LogP contribution in [-0.2, 0) is 17.0 Å². The summed E-state index contributed by atoms with van der Waals surface area (Å²) < 4.78 is 0. The molecule has 31 heavy (non-hydrogen) atoms. The van der Waals surface area contributed by atoms with Crippen LogP contribution in [-0.4, -0.2) is 51.9 Å². The summed E-state index contributed by atoms with van der Waals surface area (Å²) in [4.78, 5) is 27.3. The van der Waals surface area contributed by atoms with Crippen LogP contribution in [0.3, 0.4) is 0 Å². The van der Waals surface area contributed by atoms with Crippen molar-refractivity contribution in [1.29, 1.82) is 0 Å². The van der Waals surface area contributed by atoms with Gasteiger partial charge in [0.15, 0.2) is 0 Å². The average molecular weight is 451 g/mol. The summed E-state index contributed by atoms with van der Waals surface area (Å²) in [6, 6.07) is 14.2. The van der Waals surface area contributed by atoms with Crippen LogP contribution in [0.2, 0.25) is 5.02 Å². The molecule has 2 aromatic heterocycles. The van der Waals surface area contributed by atoms with E-state index in [9.17, 15) is 4.79 Å². The van der Waals surface area contributed by atoms with Crippen molar-refractivity contribution in [1.82, 2.24) is 19.8 Å². The fraction of sp³-hybridized carbons (Fsp3) is 0.292. The summed E-state index contributed by atoms with van der Waals surface area (Å²) in [5, 5.41) is 0.760. The number of hydrogen-bond donors (Lipinski definition) is 0. The van der Waals surface area contributed by atoms with E-state index in [1.807, 2.05) is 47.1 Å². The van der Waals surface area contributed by atoms with Crippen molar-refractivity contribution >= 4 is 29.3 Å². The van der Waals surface area contributed by atoms with Gasteiger partial charge in [0.2, 0.25) is 5.91 Å². The van der Waals surface area contributed by atoms with Gasteiger partial charge in [0.25, 0.3) is 0 Å². The number of aromatic nitrogens is 2. The molecule has 2 aliphatic rings. The van der Waals surface area contributed by atoms with Gasteiger partial charge in [-0.1, -0.05) is 23.7 Å². The molecule has 1 amide bonds. The highest BCUT2D eigenvalue weighted by Gasteiger charge is 2.33. The number of amides is 1. The van der Waals surface area contributed by atoms with Crippen LogP contribution in [0.1, 0.15) is 28.4 Å². The summed E-state index contributed by atoms with van der Waals surface area (Å²) in [6.07, 6.45) is 5.78. The predicted molar refractivity (Wildman–Crippen MR) is 123 cm³/mol. The minimum Gasteiger partial charge on any atom is -0.340 e. The number of piperazine rings is 1. The third-order valence-corrected chi connectivity index (χ3v) is 7.33. The molecule has 0 bridgehead atoms. The highest BCUT2D eigenvalue weighted by Crippen LogP contribution is 2.42. The van der Waals surface area contributed by atoms with Gasteiger partial charge in [0, 0.05) is 60.4 Å². The van der Waals surface area contributed by atoms with Crippen molar-refractivity contribution in [2.75, 3.05) is 26.2 Å². The predicted octanol–water partition coefficient (Wildman–Crippen LogP) is 4.21. The van der Waals surface area contributed by atoms with Gasteiger partial charge >= 0.3 is 0 Å². The Bertz CT molecular complexity index is 1090. The highest BCUT2D eigenvalue weighted by atomic mass is 35.5. The van der Waals surface area contributed by atoms with Crippen molar-refractivity contribution in [3.05, 3.63) is 88.5 Å². The molecule has 5 nitrogen and oxygen atoms in total. The number of fused-ring (bicyclic) bond motifs is 2. The van der Waals surface area contributed by atoms with E-state index >= 15 is 0 Å². The number of hydrogen-bond acceptors (Lipinski definition) is 5. The molecule has 7 heteroatoms. The van der Waals surface area contributed by atoms with Gasteiger partial charge in [-0.2, -0.15) is 0 Å². The minimum atomic E-state index is 0.0796. The van der Waals surface area contributed by atoms with Crippen LogP contribution < -0.4 is 0 Å². The zero-order valence-electron chi connectivity index (χ0n) is 17.1. The lowest BCUT2D eigenvalue weighted by atomic mass is 9.97. The molecular formula is C24H23ClN4OS. The average Bonchev–Trinajstić information content (AvgIpc) is 2.96. The van der Waals surface area contributed by atoms with Crippen LogP contribution in [0.15, 0.2) is 66.0 Å². The third kappa shape index (κ3) is 4.33. The summed E-state index contributed by atoms with van der Waals surface area (Å²) in [7, 11) is 0. The first kappa shape index (κ1) is 20.5. The molecule has 1 saturated heterocycles. The fourth-order valence-electron chi connectivity index (χ4n) is 4.37. The maximum absolute atomic E-state index is 12.8. The number of pyridine rings is 2. The molecule has 1 fully saturated rings. The summed E-state index contributed by atoms with van der Waals surface area (Å²) in [5.74, 6) is 1.06. The van der Waals surface area contributed by atoms with Gasteiger partial charge in [0.1, 0.15) is 0 Å². The zero-order chi connectivity index (χ0) is 21.2. The molecule has 1 aromatic carbocycles. The molecule has 0 N–H and O–H groups in total. The summed E-state index contributed by atoms with van der Waals surface area (Å²) >= 11 is 8.12. The van der Waals surface area contributed by atoms with Crippen molar-refractivity contribution in [3.8, 4) is 0 Å². The SMILES string of the molecule is O=C(Cc1ccncc1)N1CCN(C2c3ccc(Cl)cc3SCc3cccnc32)CC1. The monoisotopic (exact) mass is 450 g/mol. The molecule has 3 aromatic rings. The first-order valence-electron chi connectivity index (χ1n) is 10.5. The van der Waals surface area contributed by atoms with Crippen LogP contribution >= 0.6 is 23.4 Å². The normalized spacial score (nSPS) is 18.7. The number of carbonyl (C=O) groups is 1. The number of thioether (sulfide) groups is 1. The molecule has 0 aliphatic carbocycles. The second-order valence-electron chi connectivity index (χ2n) is 7.87. The quantitative estimate of drug-likeness (QED) is 0.598. The Morgan fingerprint density at radius 2 is 1.87 bits per heavy atom. The Morgan fingerprint density at radius 1 is 1.06 bits per heavy atom. The van der Waals surface area contributed by atoms with Crippen LogP contribution in [0.4, 0.5) is 0 Å². The van der Waals surface area contributed by atoms with E-state index in [4.69, 9.17) is 16.6 Å². The Balaban J connectivity index is 1.37. The fourth-order valence-corrected chi connectivity index (χ4v) is 5.72. The Morgan fingerprint density at radius 3 is 2.68 bits per heavy atom. The van der Waals surface area contributed by atoms with E-state index in [0.717, 1.165) is 48.2 Å². The molecule has 2 aliphatic heterocycles. The molecule has 1 unspecified atom stereocenters. The highest BCUT2D eigenvalue weighted by molar-refractivity contribution is 7.98. The first-order valence-corrected chi connectivity index (χ1v) is 11.8. The second kappa shape index (κ2) is 8.99. The van der Waals surface area contributed by atoms with Crippen molar-refractivity contribution in [2.24, 2.45) is 0 Å². The second-order valence-corrected chi connectivity index (χ2v) is 9.32. The van der Waals surface area contributed by atoms with E-state index in [1.54, 1.807) is 12.4 Å². The first-order chi connectivity index (χ1) is 15.2. The molecular weight excluding hydrogens is 428 g/mol. The number of halogens is 1. The standard InChI is InChI=1S/C24H23ClN4OS/c25-19-3-4-20-21(15-19)31-16-18-2-1-7-27-23(18)24(20)29-12-10-28(11-13-29)22(30)14-17-5-8-26-9-6-17/h1-9,15,24H,10-14,16H2.